The first-order valence-corrected chi connectivity index (χ1v) is 6.83. The fourth-order valence-electron chi connectivity index (χ4n) is 2.44. The van der Waals surface area contributed by atoms with Crippen LogP contribution in [0.4, 0.5) is 0 Å². The maximum atomic E-state index is 6.25. The molecule has 3 N–H and O–H groups in total. The number of aromatic nitrogens is 2. The molecular weight excluding hydrogens is 252 g/mol. The molecule has 6 heteroatoms. The summed E-state index contributed by atoms with van der Waals surface area (Å²) < 4.78 is 7.71. The molecule has 2 rings (SSSR count). The van der Waals surface area contributed by atoms with Gasteiger partial charge in [0, 0.05) is 12.6 Å². The largest absolute Gasteiger partial charge is 0.376 e. The summed E-state index contributed by atoms with van der Waals surface area (Å²) in [5.41, 5.74) is 3.76. The second kappa shape index (κ2) is 6.02. The fraction of sp³-hybridized carbons (Fsp3) is 0.750. The van der Waals surface area contributed by atoms with Gasteiger partial charge in [0.1, 0.15) is 0 Å². The predicted octanol–water partition coefficient (Wildman–Crippen LogP) is 2.19. The van der Waals surface area contributed by atoms with E-state index in [0.717, 1.165) is 31.6 Å². The number of nitrogens with one attached hydrogen (secondary N) is 1. The Balaban J connectivity index is 2.28. The van der Waals surface area contributed by atoms with E-state index in [1.807, 2.05) is 4.68 Å². The van der Waals surface area contributed by atoms with Crippen molar-refractivity contribution in [2.45, 2.75) is 51.3 Å². The Labute approximate surface area is 113 Å². The van der Waals surface area contributed by atoms with E-state index in [2.05, 4.69) is 24.4 Å². The first-order chi connectivity index (χ1) is 8.65. The Kier molecular flexibility index (Phi) is 4.61. The number of hydrogen-bond donors (Lipinski definition) is 2. The summed E-state index contributed by atoms with van der Waals surface area (Å²) in [6.07, 6.45) is 5.01. The van der Waals surface area contributed by atoms with Crippen molar-refractivity contribution in [2.75, 3.05) is 6.61 Å². The number of nitrogens with two attached hydrogens (primary N) is 1. The van der Waals surface area contributed by atoms with E-state index >= 15 is 0 Å². The minimum Gasteiger partial charge on any atom is -0.376 e. The van der Waals surface area contributed by atoms with Crippen LogP contribution in [0.25, 0.3) is 0 Å². The number of ether oxygens (including phenoxy) is 1. The molecule has 0 amide bonds. The third-order valence-corrected chi connectivity index (χ3v) is 3.63. The lowest BCUT2D eigenvalue weighted by atomic mass is 9.99. The highest BCUT2D eigenvalue weighted by Crippen LogP contribution is 2.31. The molecule has 1 aromatic heterocycles. The second-order valence-corrected chi connectivity index (χ2v) is 5.37. The van der Waals surface area contributed by atoms with Crippen LogP contribution in [0.15, 0.2) is 6.20 Å². The highest BCUT2D eigenvalue weighted by Gasteiger charge is 2.30. The molecule has 2 atom stereocenters. The van der Waals surface area contributed by atoms with Crippen molar-refractivity contribution in [2.24, 2.45) is 5.84 Å². The number of nitrogens with zero attached hydrogens (tertiary/aromatic N) is 2. The standard InChI is InChI=1S/C12H21ClN4O/c1-8(2)17-12(9(13)7-15-17)11(16-14)10-5-3-4-6-18-10/h7-8,10-11,16H,3-6,14H2,1-2H3. The minimum absolute atomic E-state index is 0.0652. The monoisotopic (exact) mass is 272 g/mol. The molecule has 1 aromatic rings. The molecule has 0 aliphatic carbocycles. The summed E-state index contributed by atoms with van der Waals surface area (Å²) in [7, 11) is 0. The van der Waals surface area contributed by atoms with E-state index in [4.69, 9.17) is 22.2 Å². The maximum Gasteiger partial charge on any atom is 0.0905 e. The van der Waals surface area contributed by atoms with Crippen molar-refractivity contribution >= 4 is 11.6 Å². The van der Waals surface area contributed by atoms with Crippen LogP contribution in [0.1, 0.15) is 50.9 Å². The van der Waals surface area contributed by atoms with Crippen LogP contribution in [-0.4, -0.2) is 22.5 Å². The molecule has 1 fully saturated rings. The molecule has 2 heterocycles. The van der Waals surface area contributed by atoms with Crippen molar-refractivity contribution in [3.05, 3.63) is 16.9 Å². The minimum atomic E-state index is -0.109. The van der Waals surface area contributed by atoms with Crippen LogP contribution in [0.5, 0.6) is 0 Å². The number of rotatable bonds is 4. The van der Waals surface area contributed by atoms with Crippen LogP contribution in [0.2, 0.25) is 5.02 Å². The number of halogens is 1. The van der Waals surface area contributed by atoms with Gasteiger partial charge < -0.3 is 4.74 Å². The first kappa shape index (κ1) is 13.8. The van der Waals surface area contributed by atoms with Gasteiger partial charge in [-0.25, -0.2) is 5.43 Å². The van der Waals surface area contributed by atoms with Gasteiger partial charge >= 0.3 is 0 Å². The summed E-state index contributed by atoms with van der Waals surface area (Å²) in [6, 6.07) is 0.134. The predicted molar refractivity (Wildman–Crippen MR) is 71.3 cm³/mol. The molecule has 0 bridgehead atoms. The van der Waals surface area contributed by atoms with Crippen LogP contribution < -0.4 is 11.3 Å². The normalized spacial score (nSPS) is 22.4. The van der Waals surface area contributed by atoms with Gasteiger partial charge in [0.05, 0.1) is 29.1 Å². The molecule has 0 saturated carbocycles. The van der Waals surface area contributed by atoms with Crippen molar-refractivity contribution in [1.82, 2.24) is 15.2 Å². The quantitative estimate of drug-likeness (QED) is 0.651. The Morgan fingerprint density at radius 3 is 2.89 bits per heavy atom. The second-order valence-electron chi connectivity index (χ2n) is 4.97. The summed E-state index contributed by atoms with van der Waals surface area (Å²) >= 11 is 6.25. The van der Waals surface area contributed by atoms with E-state index in [1.54, 1.807) is 6.20 Å². The van der Waals surface area contributed by atoms with E-state index < -0.39 is 0 Å². The summed E-state index contributed by atoms with van der Waals surface area (Å²) in [5, 5.41) is 4.95. The van der Waals surface area contributed by atoms with Crippen LogP contribution in [-0.2, 0) is 4.74 Å². The molecule has 2 unspecified atom stereocenters. The summed E-state index contributed by atoms with van der Waals surface area (Å²) in [4.78, 5) is 0. The first-order valence-electron chi connectivity index (χ1n) is 6.45. The lowest BCUT2D eigenvalue weighted by Crippen LogP contribution is -2.41. The highest BCUT2D eigenvalue weighted by atomic mass is 35.5. The topological polar surface area (TPSA) is 65.1 Å². The molecule has 102 valence electrons. The molecule has 0 radical (unpaired) electrons. The molecule has 5 nitrogen and oxygen atoms in total. The molecule has 18 heavy (non-hydrogen) atoms. The van der Waals surface area contributed by atoms with E-state index in [9.17, 15) is 0 Å². The molecule has 1 aliphatic rings. The zero-order valence-electron chi connectivity index (χ0n) is 10.9. The third kappa shape index (κ3) is 2.69. The van der Waals surface area contributed by atoms with Gasteiger partial charge in [0.15, 0.2) is 0 Å². The smallest absolute Gasteiger partial charge is 0.0905 e. The van der Waals surface area contributed by atoms with Gasteiger partial charge in [-0.1, -0.05) is 11.6 Å². The Morgan fingerprint density at radius 1 is 1.56 bits per heavy atom. The van der Waals surface area contributed by atoms with Crippen molar-refractivity contribution in [1.29, 1.82) is 0 Å². The fourth-order valence-corrected chi connectivity index (χ4v) is 2.69. The number of hydrogen-bond acceptors (Lipinski definition) is 4. The van der Waals surface area contributed by atoms with Crippen LogP contribution >= 0.6 is 11.6 Å². The van der Waals surface area contributed by atoms with Crippen LogP contribution in [0.3, 0.4) is 0 Å². The van der Waals surface area contributed by atoms with Gasteiger partial charge in [0.2, 0.25) is 0 Å². The zero-order valence-corrected chi connectivity index (χ0v) is 11.7. The van der Waals surface area contributed by atoms with Gasteiger partial charge in [-0.05, 0) is 33.1 Å². The molecule has 0 spiro atoms. The average molecular weight is 273 g/mol. The van der Waals surface area contributed by atoms with Crippen molar-refractivity contribution < 1.29 is 4.74 Å². The summed E-state index contributed by atoms with van der Waals surface area (Å²) in [5.74, 6) is 5.70. The average Bonchev–Trinajstić information content (AvgIpc) is 2.74. The lowest BCUT2D eigenvalue weighted by Gasteiger charge is -2.31. The Morgan fingerprint density at radius 2 is 2.33 bits per heavy atom. The van der Waals surface area contributed by atoms with Gasteiger partial charge in [0.25, 0.3) is 0 Å². The number of hydrazine groups is 1. The van der Waals surface area contributed by atoms with Gasteiger partial charge in [-0.2, -0.15) is 5.10 Å². The van der Waals surface area contributed by atoms with E-state index in [-0.39, 0.29) is 18.2 Å². The summed E-state index contributed by atoms with van der Waals surface area (Å²) in [6.45, 7) is 4.93. The molecule has 0 aromatic carbocycles. The maximum absolute atomic E-state index is 6.25. The van der Waals surface area contributed by atoms with Crippen molar-refractivity contribution in [3.63, 3.8) is 0 Å². The van der Waals surface area contributed by atoms with Gasteiger partial charge in [-0.3, -0.25) is 10.5 Å². The molecular formula is C12H21ClN4O. The van der Waals surface area contributed by atoms with E-state index in [1.165, 1.54) is 0 Å². The molecule has 1 aliphatic heterocycles. The highest BCUT2D eigenvalue weighted by molar-refractivity contribution is 6.31. The van der Waals surface area contributed by atoms with Gasteiger partial charge in [-0.15, -0.1) is 0 Å². The van der Waals surface area contributed by atoms with Crippen LogP contribution in [0, 0.1) is 0 Å². The zero-order chi connectivity index (χ0) is 13.1. The van der Waals surface area contributed by atoms with E-state index in [0.29, 0.717) is 5.02 Å². The lowest BCUT2D eigenvalue weighted by molar-refractivity contribution is -0.0102. The third-order valence-electron chi connectivity index (χ3n) is 3.34. The SMILES string of the molecule is CC(C)n1ncc(Cl)c1C(NN)C1CCCCO1. The van der Waals surface area contributed by atoms with Crippen molar-refractivity contribution in [3.8, 4) is 0 Å². The Bertz CT molecular complexity index is 387. The Hall–Kier alpha value is -0.620. The molecule has 1 saturated heterocycles.